The summed E-state index contributed by atoms with van der Waals surface area (Å²) in [6.45, 7) is 7.29. The molecule has 2 amide bonds. The summed E-state index contributed by atoms with van der Waals surface area (Å²) in [5, 5.41) is 0. The molecule has 0 spiro atoms. The Hall–Kier alpha value is -2.11. The van der Waals surface area contributed by atoms with E-state index in [4.69, 9.17) is 4.74 Å². The number of hydrogen-bond acceptors (Lipinski definition) is 4. The molecule has 1 atom stereocenters. The average Bonchev–Trinajstić information content (AvgIpc) is 3.43. The number of aromatic nitrogens is 1. The fraction of sp³-hybridized carbons (Fsp3) is 0.650. The molecule has 1 aromatic heterocycles. The maximum Gasteiger partial charge on any atom is 0.410 e. The maximum absolute atomic E-state index is 13.2. The molecule has 6 heteroatoms. The first-order valence-corrected chi connectivity index (χ1v) is 9.51. The molecule has 142 valence electrons. The normalized spacial score (nSPS) is 20.6. The number of nitrogens with zero attached hydrogens (tertiary/aromatic N) is 3. The summed E-state index contributed by atoms with van der Waals surface area (Å²) in [7, 11) is 0. The molecule has 6 nitrogen and oxygen atoms in total. The van der Waals surface area contributed by atoms with Gasteiger partial charge in [-0.25, -0.2) is 4.79 Å². The Morgan fingerprint density at radius 2 is 2.08 bits per heavy atom. The second kappa shape index (κ2) is 7.64. The molecule has 2 heterocycles. The zero-order chi connectivity index (χ0) is 18.7. The Morgan fingerprint density at radius 1 is 1.31 bits per heavy atom. The molecule has 1 aliphatic heterocycles. The highest BCUT2D eigenvalue weighted by Crippen LogP contribution is 2.31. The Labute approximate surface area is 155 Å². The van der Waals surface area contributed by atoms with Crippen LogP contribution >= 0.6 is 0 Å². The lowest BCUT2D eigenvalue weighted by atomic mass is 9.96. The minimum Gasteiger partial charge on any atom is -0.444 e. The fourth-order valence-corrected chi connectivity index (χ4v) is 3.37. The molecule has 1 saturated heterocycles. The van der Waals surface area contributed by atoms with Crippen LogP contribution in [0.1, 0.15) is 52.0 Å². The molecule has 2 aliphatic rings. The van der Waals surface area contributed by atoms with Crippen molar-refractivity contribution in [2.24, 2.45) is 5.92 Å². The lowest BCUT2D eigenvalue weighted by molar-refractivity contribution is -0.138. The van der Waals surface area contributed by atoms with Gasteiger partial charge in [0.1, 0.15) is 5.60 Å². The summed E-state index contributed by atoms with van der Waals surface area (Å²) in [5.74, 6) is 0.0122. The number of carbonyl (C=O) groups is 2. The number of likely N-dealkylation sites (tertiary alicyclic amines) is 1. The van der Waals surface area contributed by atoms with Crippen LogP contribution in [0, 0.1) is 5.92 Å². The minimum absolute atomic E-state index is 0.145. The van der Waals surface area contributed by atoms with Crippen LogP contribution in [0.2, 0.25) is 0 Å². The van der Waals surface area contributed by atoms with Crippen LogP contribution in [0.25, 0.3) is 0 Å². The van der Waals surface area contributed by atoms with Crippen LogP contribution in [0.5, 0.6) is 0 Å². The first-order valence-electron chi connectivity index (χ1n) is 9.51. The summed E-state index contributed by atoms with van der Waals surface area (Å²) >= 11 is 0. The standard InChI is InChI=1S/C20H29N3O3/c1-20(2,3)26-19(25)22-11-5-7-16(14-22)18(24)23(17-8-9-17)13-15-6-4-10-21-12-15/h4,6,10,12,16-17H,5,7-9,11,13-14H2,1-3H3. The number of rotatable bonds is 4. The summed E-state index contributed by atoms with van der Waals surface area (Å²) in [4.78, 5) is 33.3. The topological polar surface area (TPSA) is 62.7 Å². The predicted molar refractivity (Wildman–Crippen MR) is 98.3 cm³/mol. The average molecular weight is 359 g/mol. The molecule has 1 aromatic rings. The van der Waals surface area contributed by atoms with Gasteiger partial charge in [-0.15, -0.1) is 0 Å². The van der Waals surface area contributed by atoms with E-state index >= 15 is 0 Å². The second-order valence-corrected chi connectivity index (χ2v) is 8.32. The van der Waals surface area contributed by atoms with Crippen molar-refractivity contribution in [3.8, 4) is 0 Å². The van der Waals surface area contributed by atoms with E-state index in [-0.39, 0.29) is 17.9 Å². The first-order chi connectivity index (χ1) is 12.3. The summed E-state index contributed by atoms with van der Waals surface area (Å²) in [6, 6.07) is 4.24. The molecule has 1 unspecified atom stereocenters. The third kappa shape index (κ3) is 4.96. The Kier molecular flexibility index (Phi) is 5.49. The highest BCUT2D eigenvalue weighted by Gasteiger charge is 2.38. The largest absolute Gasteiger partial charge is 0.444 e. The molecule has 2 fully saturated rings. The number of hydrogen-bond donors (Lipinski definition) is 0. The molecule has 0 aromatic carbocycles. The van der Waals surface area contributed by atoms with Crippen molar-refractivity contribution in [3.05, 3.63) is 30.1 Å². The van der Waals surface area contributed by atoms with E-state index < -0.39 is 5.60 Å². The monoisotopic (exact) mass is 359 g/mol. The fourth-order valence-electron chi connectivity index (χ4n) is 3.37. The molecule has 0 radical (unpaired) electrons. The third-order valence-electron chi connectivity index (χ3n) is 4.77. The quantitative estimate of drug-likeness (QED) is 0.828. The zero-order valence-corrected chi connectivity index (χ0v) is 16.0. The summed E-state index contributed by atoms with van der Waals surface area (Å²) in [5.41, 5.74) is 0.529. The molecule has 26 heavy (non-hydrogen) atoms. The molecular weight excluding hydrogens is 330 g/mol. The van der Waals surface area contributed by atoms with E-state index in [0.717, 1.165) is 31.2 Å². The van der Waals surface area contributed by atoms with Crippen molar-refractivity contribution in [1.29, 1.82) is 0 Å². The molecular formula is C20H29N3O3. The number of carbonyl (C=O) groups excluding carboxylic acids is 2. The highest BCUT2D eigenvalue weighted by atomic mass is 16.6. The lowest BCUT2D eigenvalue weighted by Crippen LogP contribution is -2.48. The van der Waals surface area contributed by atoms with Gasteiger partial charge in [0.2, 0.25) is 5.91 Å². The van der Waals surface area contributed by atoms with Crippen LogP contribution in [0.3, 0.4) is 0 Å². The number of amides is 2. The van der Waals surface area contributed by atoms with Gasteiger partial charge < -0.3 is 14.5 Å². The molecule has 3 rings (SSSR count). The van der Waals surface area contributed by atoms with Gasteiger partial charge in [-0.3, -0.25) is 9.78 Å². The predicted octanol–water partition coefficient (Wildman–Crippen LogP) is 3.22. The Morgan fingerprint density at radius 3 is 2.69 bits per heavy atom. The van der Waals surface area contributed by atoms with Crippen molar-refractivity contribution < 1.29 is 14.3 Å². The number of pyridine rings is 1. The molecule has 0 N–H and O–H groups in total. The highest BCUT2D eigenvalue weighted by molar-refractivity contribution is 5.80. The van der Waals surface area contributed by atoms with Crippen molar-refractivity contribution in [2.45, 2.75) is 64.6 Å². The van der Waals surface area contributed by atoms with E-state index in [9.17, 15) is 9.59 Å². The van der Waals surface area contributed by atoms with Gasteiger partial charge in [0, 0.05) is 38.1 Å². The lowest BCUT2D eigenvalue weighted by Gasteiger charge is -2.36. The molecule has 1 aliphatic carbocycles. The van der Waals surface area contributed by atoms with Crippen LogP contribution in [0.15, 0.2) is 24.5 Å². The van der Waals surface area contributed by atoms with E-state index in [1.54, 1.807) is 11.1 Å². The van der Waals surface area contributed by atoms with Gasteiger partial charge in [0.05, 0.1) is 5.92 Å². The Balaban J connectivity index is 1.64. The second-order valence-electron chi connectivity index (χ2n) is 8.32. The maximum atomic E-state index is 13.2. The van der Waals surface area contributed by atoms with Crippen molar-refractivity contribution in [1.82, 2.24) is 14.8 Å². The third-order valence-corrected chi connectivity index (χ3v) is 4.77. The molecule has 1 saturated carbocycles. The van der Waals surface area contributed by atoms with Gasteiger partial charge in [0.25, 0.3) is 0 Å². The van der Waals surface area contributed by atoms with E-state index in [0.29, 0.717) is 25.7 Å². The van der Waals surface area contributed by atoms with Crippen molar-refractivity contribution >= 4 is 12.0 Å². The van der Waals surface area contributed by atoms with Gasteiger partial charge in [-0.1, -0.05) is 6.07 Å². The van der Waals surface area contributed by atoms with Crippen molar-refractivity contribution in [3.63, 3.8) is 0 Å². The summed E-state index contributed by atoms with van der Waals surface area (Å²) in [6.07, 6.45) is 7.03. The first kappa shape index (κ1) is 18.7. The summed E-state index contributed by atoms with van der Waals surface area (Å²) < 4.78 is 5.48. The van der Waals surface area contributed by atoms with Gasteiger partial charge in [-0.05, 0) is 58.1 Å². The SMILES string of the molecule is CC(C)(C)OC(=O)N1CCCC(C(=O)N(Cc2cccnc2)C2CC2)C1. The van der Waals surface area contributed by atoms with Gasteiger partial charge in [-0.2, -0.15) is 0 Å². The Bertz CT molecular complexity index is 637. The van der Waals surface area contributed by atoms with Gasteiger partial charge >= 0.3 is 6.09 Å². The van der Waals surface area contributed by atoms with E-state index in [1.807, 2.05) is 44.0 Å². The zero-order valence-electron chi connectivity index (χ0n) is 16.0. The van der Waals surface area contributed by atoms with Crippen LogP contribution in [0.4, 0.5) is 4.79 Å². The van der Waals surface area contributed by atoms with Gasteiger partial charge in [0.15, 0.2) is 0 Å². The minimum atomic E-state index is -0.519. The molecule has 0 bridgehead atoms. The van der Waals surface area contributed by atoms with Crippen LogP contribution in [-0.2, 0) is 16.1 Å². The van der Waals surface area contributed by atoms with Crippen LogP contribution in [-0.4, -0.2) is 51.5 Å². The number of ether oxygens (including phenoxy) is 1. The van der Waals surface area contributed by atoms with Crippen molar-refractivity contribution in [2.75, 3.05) is 13.1 Å². The smallest absolute Gasteiger partial charge is 0.410 e. The van der Waals surface area contributed by atoms with E-state index in [2.05, 4.69) is 4.98 Å². The number of piperidine rings is 1. The van der Waals surface area contributed by atoms with E-state index in [1.165, 1.54) is 0 Å². The van der Waals surface area contributed by atoms with Crippen LogP contribution < -0.4 is 0 Å².